The first-order chi connectivity index (χ1) is 14.9. The Morgan fingerprint density at radius 1 is 0.968 bits per heavy atom. The summed E-state index contributed by atoms with van der Waals surface area (Å²) in [5.41, 5.74) is 1.05. The van der Waals surface area contributed by atoms with Crippen LogP contribution in [-0.2, 0) is 9.53 Å². The summed E-state index contributed by atoms with van der Waals surface area (Å²) in [4.78, 5) is 24.4. The molecular weight excluding hydrogens is 402 g/mol. The first kappa shape index (κ1) is 23.6. The largest absolute Gasteiger partial charge is 0.497 e. The molecule has 0 amide bonds. The van der Waals surface area contributed by atoms with Gasteiger partial charge in [0, 0.05) is 23.9 Å². The van der Waals surface area contributed by atoms with E-state index in [1.807, 2.05) is 0 Å². The summed E-state index contributed by atoms with van der Waals surface area (Å²) in [7, 11) is 5.98. The van der Waals surface area contributed by atoms with E-state index in [1.54, 1.807) is 31.2 Å². The van der Waals surface area contributed by atoms with Gasteiger partial charge in [0.2, 0.25) is 5.75 Å². The van der Waals surface area contributed by atoms with Crippen LogP contribution in [0.1, 0.15) is 18.5 Å². The Bertz CT molecular complexity index is 978. The first-order valence-corrected chi connectivity index (χ1v) is 9.50. The van der Waals surface area contributed by atoms with Gasteiger partial charge >= 0.3 is 5.97 Å². The van der Waals surface area contributed by atoms with E-state index in [2.05, 4.69) is 11.9 Å². The van der Waals surface area contributed by atoms with Crippen LogP contribution in [0.2, 0.25) is 0 Å². The third kappa shape index (κ3) is 5.69. The maximum atomic E-state index is 12.5. The van der Waals surface area contributed by atoms with Gasteiger partial charge in [-0.25, -0.2) is 4.79 Å². The van der Waals surface area contributed by atoms with Crippen molar-refractivity contribution in [3.05, 3.63) is 64.3 Å². The number of carbonyl (C=O) groups is 1. The van der Waals surface area contributed by atoms with Gasteiger partial charge < -0.3 is 29.0 Å². The summed E-state index contributed by atoms with van der Waals surface area (Å²) in [5.74, 6) is 1.07. The average molecular weight is 429 g/mol. The third-order valence-electron chi connectivity index (χ3n) is 4.46. The van der Waals surface area contributed by atoms with Gasteiger partial charge in [0.25, 0.3) is 0 Å². The molecule has 1 atom stereocenters. The van der Waals surface area contributed by atoms with Crippen LogP contribution in [0.4, 0.5) is 5.69 Å². The van der Waals surface area contributed by atoms with Crippen LogP contribution in [-0.4, -0.2) is 41.0 Å². The fourth-order valence-electron chi connectivity index (χ4n) is 2.96. The lowest BCUT2D eigenvalue weighted by atomic mass is 10.0. The van der Waals surface area contributed by atoms with Crippen molar-refractivity contribution in [3.63, 3.8) is 0 Å². The maximum absolute atomic E-state index is 12.5. The van der Waals surface area contributed by atoms with E-state index >= 15 is 0 Å². The Hall–Kier alpha value is -3.68. The number of methoxy groups -OCH3 is 4. The van der Waals surface area contributed by atoms with Crippen LogP contribution in [0.5, 0.6) is 23.0 Å². The summed E-state index contributed by atoms with van der Waals surface area (Å²) in [6.07, 6.45) is 0. The van der Waals surface area contributed by atoms with Crippen LogP contribution < -0.4 is 29.7 Å². The zero-order valence-electron chi connectivity index (χ0n) is 18.3. The van der Waals surface area contributed by atoms with E-state index in [1.165, 1.54) is 40.6 Å². The molecule has 0 bridgehead atoms. The van der Waals surface area contributed by atoms with Crippen molar-refractivity contribution in [3.8, 4) is 23.0 Å². The van der Waals surface area contributed by atoms with Gasteiger partial charge in [-0.2, -0.15) is 0 Å². The minimum Gasteiger partial charge on any atom is -0.497 e. The molecule has 0 spiro atoms. The van der Waals surface area contributed by atoms with E-state index in [-0.39, 0.29) is 17.6 Å². The highest BCUT2D eigenvalue weighted by molar-refractivity contribution is 5.90. The van der Waals surface area contributed by atoms with Gasteiger partial charge in [-0.1, -0.05) is 12.6 Å². The van der Waals surface area contributed by atoms with Crippen LogP contribution >= 0.6 is 0 Å². The van der Waals surface area contributed by atoms with Crippen molar-refractivity contribution in [2.75, 3.05) is 40.4 Å². The number of carbonyl (C=O) groups excluding carboxylic acids is 1. The second-order valence-corrected chi connectivity index (χ2v) is 6.37. The van der Waals surface area contributed by atoms with Crippen molar-refractivity contribution in [1.29, 1.82) is 0 Å². The van der Waals surface area contributed by atoms with Gasteiger partial charge in [-0.15, -0.1) is 0 Å². The normalized spacial score (nSPS) is 11.1. The Morgan fingerprint density at radius 2 is 1.61 bits per heavy atom. The molecule has 1 N–H and O–H groups in total. The second-order valence-electron chi connectivity index (χ2n) is 6.37. The van der Waals surface area contributed by atoms with E-state index in [0.717, 1.165) is 0 Å². The van der Waals surface area contributed by atoms with Crippen LogP contribution in [0.15, 0.2) is 53.3 Å². The fourth-order valence-corrected chi connectivity index (χ4v) is 2.96. The van der Waals surface area contributed by atoms with Gasteiger partial charge in [0.05, 0.1) is 46.7 Å². The van der Waals surface area contributed by atoms with E-state index < -0.39 is 12.0 Å². The van der Waals surface area contributed by atoms with E-state index in [4.69, 9.17) is 23.7 Å². The smallest absolute Gasteiger partial charge is 0.335 e. The molecule has 0 aliphatic carbocycles. The summed E-state index contributed by atoms with van der Waals surface area (Å²) < 4.78 is 26.5. The zero-order chi connectivity index (χ0) is 23.0. The van der Waals surface area contributed by atoms with E-state index in [0.29, 0.717) is 34.2 Å². The number of esters is 1. The third-order valence-corrected chi connectivity index (χ3v) is 4.46. The molecule has 2 aromatic rings. The molecule has 0 aliphatic heterocycles. The minimum absolute atomic E-state index is 0.149. The molecule has 8 heteroatoms. The van der Waals surface area contributed by atoms with Crippen molar-refractivity contribution < 1.29 is 28.5 Å². The Kier molecular flexibility index (Phi) is 8.31. The van der Waals surface area contributed by atoms with Crippen molar-refractivity contribution in [1.82, 2.24) is 0 Å². The van der Waals surface area contributed by atoms with E-state index in [9.17, 15) is 9.59 Å². The molecular formula is C23H27NO7. The average Bonchev–Trinajstić information content (AvgIpc) is 2.97. The highest BCUT2D eigenvalue weighted by atomic mass is 16.5. The number of nitrogens with one attached hydrogen (secondary N) is 1. The Labute approximate surface area is 181 Å². The standard InChI is InChI=1S/C23H27NO7/c1-7-31-23(26)14(2)21(15-8-9-17(25)13-18(10-15)27-3)24-16-11-19(28-4)22(30-6)20(12-16)29-5/h8-13,21,24H,2,7H2,1,3-6H3. The molecule has 166 valence electrons. The number of ether oxygens (including phenoxy) is 5. The quantitative estimate of drug-likeness (QED) is 0.454. The Balaban J connectivity index is 2.60. The van der Waals surface area contributed by atoms with Crippen LogP contribution in [0.25, 0.3) is 0 Å². The maximum Gasteiger partial charge on any atom is 0.335 e. The first-order valence-electron chi connectivity index (χ1n) is 9.50. The molecule has 0 saturated carbocycles. The predicted octanol–water partition coefficient (Wildman–Crippen LogP) is 3.35. The highest BCUT2D eigenvalue weighted by Gasteiger charge is 2.24. The van der Waals surface area contributed by atoms with Crippen molar-refractivity contribution in [2.45, 2.75) is 13.0 Å². The van der Waals surface area contributed by atoms with Crippen molar-refractivity contribution in [2.24, 2.45) is 0 Å². The molecule has 2 aromatic carbocycles. The molecule has 8 nitrogen and oxygen atoms in total. The molecule has 0 radical (unpaired) electrons. The summed E-state index contributed by atoms with van der Waals surface area (Å²) in [6.45, 7) is 5.83. The fraction of sp³-hybridized carbons (Fsp3) is 0.304. The van der Waals surface area contributed by atoms with Crippen LogP contribution in [0, 0.1) is 0 Å². The van der Waals surface area contributed by atoms with Gasteiger partial charge in [0.1, 0.15) is 5.75 Å². The molecule has 31 heavy (non-hydrogen) atoms. The summed E-state index contributed by atoms with van der Waals surface area (Å²) in [6, 6.07) is 8.67. The number of hydrogen-bond donors (Lipinski definition) is 1. The Morgan fingerprint density at radius 3 is 2.13 bits per heavy atom. The monoisotopic (exact) mass is 429 g/mol. The molecule has 0 heterocycles. The minimum atomic E-state index is -0.734. The molecule has 0 fully saturated rings. The van der Waals surface area contributed by atoms with Gasteiger partial charge in [-0.05, 0) is 24.6 Å². The molecule has 0 aliphatic rings. The molecule has 0 aromatic heterocycles. The lowest BCUT2D eigenvalue weighted by Gasteiger charge is -2.23. The SMILES string of the molecule is C=C(C(=O)OCC)C(Nc1cc(OC)c(OC)c(OC)c1)c1ccc(=O)cc(OC)c1. The molecule has 2 rings (SSSR count). The van der Waals surface area contributed by atoms with Gasteiger partial charge in [-0.3, -0.25) is 4.79 Å². The molecule has 0 saturated heterocycles. The number of benzene rings is 1. The number of anilines is 1. The summed E-state index contributed by atoms with van der Waals surface area (Å²) in [5, 5.41) is 3.25. The second kappa shape index (κ2) is 10.9. The van der Waals surface area contributed by atoms with Gasteiger partial charge in [0.15, 0.2) is 16.9 Å². The highest BCUT2D eigenvalue weighted by Crippen LogP contribution is 2.41. The lowest BCUT2D eigenvalue weighted by molar-refractivity contribution is -0.138. The summed E-state index contributed by atoms with van der Waals surface area (Å²) >= 11 is 0. The number of hydrogen-bond acceptors (Lipinski definition) is 8. The van der Waals surface area contributed by atoms with Crippen LogP contribution in [0.3, 0.4) is 0 Å². The number of rotatable bonds is 10. The lowest BCUT2D eigenvalue weighted by Crippen LogP contribution is -2.20. The zero-order valence-corrected chi connectivity index (χ0v) is 18.3. The van der Waals surface area contributed by atoms with Crippen molar-refractivity contribution >= 4 is 11.7 Å². The predicted molar refractivity (Wildman–Crippen MR) is 117 cm³/mol. The topological polar surface area (TPSA) is 92.3 Å². The molecule has 1 unspecified atom stereocenters.